The van der Waals surface area contributed by atoms with Gasteiger partial charge in [0.05, 0.1) is 5.69 Å². The summed E-state index contributed by atoms with van der Waals surface area (Å²) >= 11 is 8.12. The topological polar surface area (TPSA) is 68.1 Å². The molecule has 2 heterocycles. The molecule has 27 heavy (non-hydrogen) atoms. The minimum Gasteiger partial charge on any atom is -0.269 e. The molecule has 0 saturated carbocycles. The number of thioether (sulfide) groups is 1. The molecule has 0 spiro atoms. The second-order valence-electron chi connectivity index (χ2n) is 6.50. The Morgan fingerprint density at radius 2 is 1.89 bits per heavy atom. The highest BCUT2D eigenvalue weighted by Gasteiger charge is 2.40. The predicted octanol–water partition coefficient (Wildman–Crippen LogP) is 3.98. The smallest absolute Gasteiger partial charge is 0.261 e. The number of hydrogen-bond acceptors (Lipinski definition) is 5. The Kier molecular flexibility index (Phi) is 5.06. The van der Waals surface area contributed by atoms with E-state index in [9.17, 15) is 9.59 Å². The summed E-state index contributed by atoms with van der Waals surface area (Å²) in [5.74, 6) is 0.467. The molecular weight excluding hydrogens is 384 g/mol. The average molecular weight is 403 g/mol. The van der Waals surface area contributed by atoms with E-state index in [1.54, 1.807) is 34.9 Å². The molecule has 2 amide bonds. The number of carbonyl (C=O) groups excluding carboxylic acids is 2. The summed E-state index contributed by atoms with van der Waals surface area (Å²) < 4.78 is 1.73. The molecule has 0 bridgehead atoms. The first-order valence-electron chi connectivity index (χ1n) is 8.97. The van der Waals surface area contributed by atoms with Gasteiger partial charge in [-0.05, 0) is 49.6 Å². The van der Waals surface area contributed by atoms with Gasteiger partial charge in [-0.25, -0.2) is 14.6 Å². The molecule has 1 aromatic carbocycles. The number of aromatic nitrogens is 3. The van der Waals surface area contributed by atoms with Crippen LogP contribution in [0.4, 0.5) is 5.69 Å². The van der Waals surface area contributed by atoms with E-state index in [2.05, 4.69) is 17.0 Å². The van der Waals surface area contributed by atoms with Gasteiger partial charge in [-0.1, -0.05) is 18.5 Å². The van der Waals surface area contributed by atoms with Gasteiger partial charge in [-0.3, -0.25) is 9.59 Å². The van der Waals surface area contributed by atoms with Crippen LogP contribution >= 0.6 is 23.4 Å². The monoisotopic (exact) mass is 402 g/mol. The van der Waals surface area contributed by atoms with Crippen molar-refractivity contribution in [3.63, 3.8) is 0 Å². The highest BCUT2D eigenvalue weighted by atomic mass is 35.5. The van der Waals surface area contributed by atoms with Gasteiger partial charge in [0.1, 0.15) is 18.0 Å². The molecule has 0 saturated heterocycles. The van der Waals surface area contributed by atoms with E-state index in [4.69, 9.17) is 11.6 Å². The van der Waals surface area contributed by atoms with Gasteiger partial charge in [0, 0.05) is 21.7 Å². The molecular formula is C19H19ClN4O2S. The van der Waals surface area contributed by atoms with Crippen molar-refractivity contribution >= 4 is 40.9 Å². The summed E-state index contributed by atoms with van der Waals surface area (Å²) in [6.45, 7) is 2.05. The van der Waals surface area contributed by atoms with Crippen molar-refractivity contribution in [2.45, 2.75) is 38.0 Å². The van der Waals surface area contributed by atoms with Gasteiger partial charge in [0.2, 0.25) is 0 Å². The van der Waals surface area contributed by atoms with Crippen LogP contribution in [0.5, 0.6) is 0 Å². The van der Waals surface area contributed by atoms with Gasteiger partial charge >= 0.3 is 0 Å². The van der Waals surface area contributed by atoms with Crippen LogP contribution in [-0.4, -0.2) is 32.3 Å². The van der Waals surface area contributed by atoms with E-state index in [0.717, 1.165) is 24.2 Å². The fraction of sp³-hybridized carbons (Fsp3) is 0.368. The second kappa shape index (κ2) is 7.48. The standard InChI is InChI=1S/C19H19ClN4O2S/c1-2-27-19(23-11-21-10-22-23)15-9-12(7-8-16(15)20)24-17(25)13-5-3-4-6-14(13)18(24)26/h7-11,19H,2-6H2,1H3. The molecule has 1 unspecified atom stereocenters. The summed E-state index contributed by atoms with van der Waals surface area (Å²) in [5.41, 5.74) is 2.72. The van der Waals surface area contributed by atoms with Crippen LogP contribution in [0.15, 0.2) is 42.0 Å². The van der Waals surface area contributed by atoms with Crippen molar-refractivity contribution in [1.29, 1.82) is 0 Å². The van der Waals surface area contributed by atoms with Crippen LogP contribution in [0, 0.1) is 0 Å². The van der Waals surface area contributed by atoms with E-state index in [1.807, 2.05) is 6.07 Å². The molecule has 140 valence electrons. The fourth-order valence-electron chi connectivity index (χ4n) is 3.64. The maximum absolute atomic E-state index is 12.9. The molecule has 1 atom stereocenters. The Morgan fingerprint density at radius 3 is 2.48 bits per heavy atom. The molecule has 0 N–H and O–H groups in total. The number of rotatable bonds is 5. The molecule has 2 aromatic rings. The third-order valence-corrected chi connectivity index (χ3v) is 6.36. The van der Waals surface area contributed by atoms with E-state index < -0.39 is 0 Å². The molecule has 8 heteroatoms. The first-order valence-corrected chi connectivity index (χ1v) is 10.4. The van der Waals surface area contributed by atoms with Gasteiger partial charge in [0.15, 0.2) is 0 Å². The summed E-state index contributed by atoms with van der Waals surface area (Å²) in [6.07, 6.45) is 6.40. The summed E-state index contributed by atoms with van der Waals surface area (Å²) in [4.78, 5) is 31.0. The zero-order chi connectivity index (χ0) is 19.0. The maximum atomic E-state index is 12.9. The molecule has 4 rings (SSSR count). The lowest BCUT2D eigenvalue weighted by molar-refractivity contribution is -0.120. The Hall–Kier alpha value is -2.12. The van der Waals surface area contributed by atoms with Crippen LogP contribution in [-0.2, 0) is 9.59 Å². The Labute approximate surface area is 166 Å². The predicted molar refractivity (Wildman–Crippen MR) is 106 cm³/mol. The number of imide groups is 1. The quantitative estimate of drug-likeness (QED) is 0.707. The lowest BCUT2D eigenvalue weighted by Gasteiger charge is -2.21. The van der Waals surface area contributed by atoms with Crippen molar-refractivity contribution in [3.05, 3.63) is 52.6 Å². The van der Waals surface area contributed by atoms with Crippen molar-refractivity contribution in [1.82, 2.24) is 14.8 Å². The average Bonchev–Trinajstić information content (AvgIpc) is 3.29. The van der Waals surface area contributed by atoms with E-state index in [0.29, 0.717) is 34.7 Å². The maximum Gasteiger partial charge on any atom is 0.261 e. The Balaban J connectivity index is 1.73. The summed E-state index contributed by atoms with van der Waals surface area (Å²) in [6, 6.07) is 5.30. The Bertz CT molecular complexity index is 898. The number of benzene rings is 1. The number of amides is 2. The van der Waals surface area contributed by atoms with E-state index in [-0.39, 0.29) is 17.2 Å². The molecule has 2 aliphatic rings. The van der Waals surface area contributed by atoms with Crippen LogP contribution in [0.1, 0.15) is 43.5 Å². The van der Waals surface area contributed by atoms with Crippen LogP contribution in [0.3, 0.4) is 0 Å². The zero-order valence-electron chi connectivity index (χ0n) is 14.9. The lowest BCUT2D eigenvalue weighted by atomic mass is 9.93. The van der Waals surface area contributed by atoms with Gasteiger partial charge in [0.25, 0.3) is 11.8 Å². The SMILES string of the molecule is CCSC(c1cc(N2C(=O)C3=C(CCCC3)C2=O)ccc1Cl)n1cncn1. The lowest BCUT2D eigenvalue weighted by Crippen LogP contribution is -2.31. The first kappa shape index (κ1) is 18.3. The minimum absolute atomic E-state index is 0.180. The van der Waals surface area contributed by atoms with Crippen molar-refractivity contribution in [2.75, 3.05) is 10.7 Å². The van der Waals surface area contributed by atoms with Crippen LogP contribution in [0.2, 0.25) is 5.02 Å². The van der Waals surface area contributed by atoms with Crippen LogP contribution < -0.4 is 4.90 Å². The van der Waals surface area contributed by atoms with E-state index >= 15 is 0 Å². The highest BCUT2D eigenvalue weighted by Crippen LogP contribution is 2.40. The molecule has 1 aliphatic carbocycles. The van der Waals surface area contributed by atoms with Gasteiger partial charge in [-0.2, -0.15) is 5.10 Å². The number of anilines is 1. The molecule has 1 aliphatic heterocycles. The number of carbonyl (C=O) groups is 2. The van der Waals surface area contributed by atoms with Crippen molar-refractivity contribution in [2.24, 2.45) is 0 Å². The number of nitrogens with zero attached hydrogens (tertiary/aromatic N) is 4. The molecule has 6 nitrogen and oxygen atoms in total. The van der Waals surface area contributed by atoms with E-state index in [1.165, 1.54) is 11.2 Å². The van der Waals surface area contributed by atoms with Gasteiger partial charge < -0.3 is 0 Å². The second-order valence-corrected chi connectivity index (χ2v) is 8.26. The third kappa shape index (κ3) is 3.19. The minimum atomic E-state index is -0.191. The Morgan fingerprint density at radius 1 is 1.19 bits per heavy atom. The summed E-state index contributed by atoms with van der Waals surface area (Å²) in [5, 5.41) is 4.63. The first-order chi connectivity index (χ1) is 13.1. The van der Waals surface area contributed by atoms with Gasteiger partial charge in [-0.15, -0.1) is 11.8 Å². The molecule has 0 radical (unpaired) electrons. The van der Waals surface area contributed by atoms with Crippen molar-refractivity contribution < 1.29 is 9.59 Å². The molecule has 0 fully saturated rings. The summed E-state index contributed by atoms with van der Waals surface area (Å²) in [7, 11) is 0. The molecule has 1 aromatic heterocycles. The van der Waals surface area contributed by atoms with Crippen LogP contribution in [0.25, 0.3) is 0 Å². The van der Waals surface area contributed by atoms with Crippen molar-refractivity contribution in [3.8, 4) is 0 Å². The highest BCUT2D eigenvalue weighted by molar-refractivity contribution is 7.99. The largest absolute Gasteiger partial charge is 0.269 e. The third-order valence-electron chi connectivity index (χ3n) is 4.90. The number of hydrogen-bond donors (Lipinski definition) is 0. The normalized spacial score (nSPS) is 18.2. The zero-order valence-corrected chi connectivity index (χ0v) is 16.5. The number of halogens is 1. The fourth-order valence-corrected chi connectivity index (χ4v) is 4.88.